The fourth-order valence-electron chi connectivity index (χ4n) is 2.96. The van der Waals surface area contributed by atoms with E-state index in [0.717, 1.165) is 5.56 Å². The molecular weight excluding hydrogens is 372 g/mol. The van der Waals surface area contributed by atoms with Crippen molar-refractivity contribution in [2.24, 2.45) is 5.41 Å². The monoisotopic (exact) mass is 396 g/mol. The summed E-state index contributed by atoms with van der Waals surface area (Å²) in [7, 11) is 0. The van der Waals surface area contributed by atoms with Gasteiger partial charge in [0.2, 0.25) is 5.60 Å². The van der Waals surface area contributed by atoms with Crippen LogP contribution in [0.25, 0.3) is 0 Å². The number of carbonyl (C=O) groups is 2. The molecule has 2 rings (SSSR count). The van der Waals surface area contributed by atoms with E-state index >= 15 is 0 Å². The van der Waals surface area contributed by atoms with Crippen LogP contribution in [0, 0.1) is 17.8 Å². The van der Waals surface area contributed by atoms with Crippen LogP contribution in [0.2, 0.25) is 0 Å². The van der Waals surface area contributed by atoms with Crippen LogP contribution in [-0.4, -0.2) is 59.3 Å². The van der Waals surface area contributed by atoms with E-state index in [4.69, 9.17) is 20.6 Å². The number of ketones is 1. The van der Waals surface area contributed by atoms with Crippen LogP contribution in [0.3, 0.4) is 0 Å². The van der Waals surface area contributed by atoms with E-state index in [1.54, 1.807) is 19.9 Å². The minimum Gasteiger partial charge on any atom is -0.463 e. The molecule has 2 heterocycles. The van der Waals surface area contributed by atoms with E-state index in [-0.39, 0.29) is 19.6 Å². The van der Waals surface area contributed by atoms with Crippen molar-refractivity contribution in [1.82, 2.24) is 0 Å². The molecule has 7 nitrogen and oxygen atoms in total. The molecule has 0 bridgehead atoms. The summed E-state index contributed by atoms with van der Waals surface area (Å²) in [5.41, 5.74) is -2.36. The fraction of sp³-hybridized carbons (Fsp3) is 0.579. The molecule has 0 radical (unpaired) electrons. The summed E-state index contributed by atoms with van der Waals surface area (Å²) in [6.07, 6.45) is 1.80. The Bertz CT molecular complexity index is 710. The first kappa shape index (κ1) is 21.5. The van der Waals surface area contributed by atoms with Crippen LogP contribution < -0.4 is 0 Å². The smallest absolute Gasteiger partial charge is 0.346 e. The van der Waals surface area contributed by atoms with Gasteiger partial charge in [0.25, 0.3) is 0 Å². The third kappa shape index (κ3) is 4.08. The highest BCUT2D eigenvalue weighted by Gasteiger charge is 2.54. The Kier molecular flexibility index (Phi) is 6.78. The quantitative estimate of drug-likeness (QED) is 0.383. The largest absolute Gasteiger partial charge is 0.463 e. The minimum atomic E-state index is -1.87. The maximum Gasteiger partial charge on any atom is 0.346 e. The van der Waals surface area contributed by atoms with E-state index in [2.05, 4.69) is 5.92 Å². The Morgan fingerprint density at radius 3 is 2.70 bits per heavy atom. The lowest BCUT2D eigenvalue weighted by Gasteiger charge is -2.32. The molecule has 148 valence electrons. The average Bonchev–Trinajstić information content (AvgIpc) is 3.21. The lowest BCUT2D eigenvalue weighted by atomic mass is 9.81. The number of Topliss-reactive ketones (excluding diaryl/α,β-unsaturated/α-hetero) is 1. The summed E-state index contributed by atoms with van der Waals surface area (Å²) in [5, 5.41) is 23.5. The summed E-state index contributed by atoms with van der Waals surface area (Å²) in [6, 6.07) is 1.79. The Morgan fingerprint density at radius 1 is 1.48 bits per heavy atom. The van der Waals surface area contributed by atoms with Crippen molar-refractivity contribution < 1.29 is 34.0 Å². The molecule has 1 fully saturated rings. The molecule has 0 aromatic carbocycles. The van der Waals surface area contributed by atoms with Gasteiger partial charge in [-0.05, 0) is 43.2 Å². The van der Waals surface area contributed by atoms with Crippen molar-refractivity contribution >= 4 is 23.1 Å². The molecule has 2 unspecified atom stereocenters. The first-order valence-corrected chi connectivity index (χ1v) is 9.48. The second-order valence-corrected chi connectivity index (χ2v) is 7.39. The second-order valence-electron chi connectivity index (χ2n) is 6.61. The number of hydrogen-bond acceptors (Lipinski definition) is 8. The number of aliphatic hydroxyl groups is 2. The van der Waals surface area contributed by atoms with Gasteiger partial charge in [0.15, 0.2) is 12.1 Å². The van der Waals surface area contributed by atoms with Gasteiger partial charge in [0.05, 0.1) is 18.6 Å². The number of aliphatic hydroxyl groups excluding tert-OH is 2. The zero-order valence-electron chi connectivity index (χ0n) is 15.5. The lowest BCUT2D eigenvalue weighted by molar-refractivity contribution is -0.186. The predicted octanol–water partition coefficient (Wildman–Crippen LogP) is 0.916. The molecule has 1 saturated heterocycles. The highest BCUT2D eigenvalue weighted by atomic mass is 32.1. The molecule has 0 aliphatic carbocycles. The van der Waals surface area contributed by atoms with E-state index in [0.29, 0.717) is 0 Å². The van der Waals surface area contributed by atoms with E-state index in [9.17, 15) is 19.8 Å². The second kappa shape index (κ2) is 8.50. The molecule has 0 saturated carbocycles. The molecule has 0 amide bonds. The molecule has 0 spiro atoms. The van der Waals surface area contributed by atoms with Gasteiger partial charge in [-0.1, -0.05) is 5.92 Å². The van der Waals surface area contributed by atoms with E-state index in [1.807, 2.05) is 10.8 Å². The highest BCUT2D eigenvalue weighted by Crippen LogP contribution is 2.38. The van der Waals surface area contributed by atoms with Crippen molar-refractivity contribution in [2.45, 2.75) is 51.3 Å². The Hall–Kier alpha value is -1.76. The van der Waals surface area contributed by atoms with Gasteiger partial charge < -0.3 is 24.4 Å². The van der Waals surface area contributed by atoms with Crippen molar-refractivity contribution in [3.63, 3.8) is 0 Å². The fourth-order valence-corrected chi connectivity index (χ4v) is 3.63. The van der Waals surface area contributed by atoms with Crippen LogP contribution in [0.15, 0.2) is 16.8 Å². The number of hydrogen-bond donors (Lipinski definition) is 2. The van der Waals surface area contributed by atoms with Gasteiger partial charge in [0.1, 0.15) is 12.2 Å². The maximum absolute atomic E-state index is 12.7. The van der Waals surface area contributed by atoms with Crippen LogP contribution >= 0.6 is 11.3 Å². The average molecular weight is 396 g/mol. The molecule has 1 aliphatic rings. The minimum absolute atomic E-state index is 0.00470. The number of esters is 1. The van der Waals surface area contributed by atoms with Crippen molar-refractivity contribution in [3.8, 4) is 12.3 Å². The first-order valence-electron chi connectivity index (χ1n) is 8.54. The number of ether oxygens (including phenoxy) is 3. The molecular formula is C19H24O7S. The topological polar surface area (TPSA) is 102 Å². The van der Waals surface area contributed by atoms with Crippen LogP contribution in [0.1, 0.15) is 26.3 Å². The zero-order chi connectivity index (χ0) is 20.2. The van der Waals surface area contributed by atoms with E-state index in [1.165, 1.54) is 18.3 Å². The summed E-state index contributed by atoms with van der Waals surface area (Å²) in [6.45, 7) is 4.23. The molecule has 5 atom stereocenters. The van der Waals surface area contributed by atoms with Gasteiger partial charge in [-0.25, -0.2) is 4.79 Å². The van der Waals surface area contributed by atoms with Gasteiger partial charge >= 0.3 is 5.97 Å². The Labute approximate surface area is 162 Å². The maximum atomic E-state index is 12.7. The zero-order valence-corrected chi connectivity index (χ0v) is 16.3. The summed E-state index contributed by atoms with van der Waals surface area (Å²) in [4.78, 5) is 25.1. The molecule has 1 aliphatic heterocycles. The number of terminal acetylenes is 1. The SMILES string of the molecule is C#C[C@@]1(C)[C@@H](COC(Cc2ccsc2)(C(C)=O)C(=O)OCC)OC(O)[C@@H]1O. The van der Waals surface area contributed by atoms with Crippen LogP contribution in [-0.2, 0) is 30.2 Å². The Morgan fingerprint density at radius 2 is 2.19 bits per heavy atom. The Balaban J connectivity index is 2.30. The third-order valence-electron chi connectivity index (χ3n) is 4.86. The lowest BCUT2D eigenvalue weighted by Crippen LogP contribution is -2.53. The molecule has 8 heteroatoms. The number of rotatable bonds is 8. The van der Waals surface area contributed by atoms with Crippen LogP contribution in [0.5, 0.6) is 0 Å². The standard InChI is InChI=1S/C19H24O7S/c1-5-18(4)14(26-16(22)15(18)21)10-25-19(12(3)20,17(23)24-6-2)9-13-7-8-27-11-13/h1,7-8,11,14-16,21-22H,6,9-10H2,2-4H3/t14-,15+,16?,18+,19?/m1/s1. The first-order chi connectivity index (χ1) is 12.7. The summed E-state index contributed by atoms with van der Waals surface area (Å²) >= 11 is 1.43. The number of carbonyl (C=O) groups excluding carboxylic acids is 2. The van der Waals surface area contributed by atoms with Crippen molar-refractivity contribution in [1.29, 1.82) is 0 Å². The van der Waals surface area contributed by atoms with Crippen LogP contribution in [0.4, 0.5) is 0 Å². The normalized spacial score (nSPS) is 29.7. The van der Waals surface area contributed by atoms with Gasteiger partial charge in [-0.2, -0.15) is 11.3 Å². The summed E-state index contributed by atoms with van der Waals surface area (Å²) in [5.74, 6) is 1.10. The van der Waals surface area contributed by atoms with Crippen molar-refractivity contribution in [3.05, 3.63) is 22.4 Å². The van der Waals surface area contributed by atoms with Gasteiger partial charge in [0, 0.05) is 6.42 Å². The molecule has 27 heavy (non-hydrogen) atoms. The summed E-state index contributed by atoms with van der Waals surface area (Å²) < 4.78 is 16.2. The molecule has 1 aromatic heterocycles. The third-order valence-corrected chi connectivity index (χ3v) is 5.59. The molecule has 1 aromatic rings. The predicted molar refractivity (Wildman–Crippen MR) is 97.8 cm³/mol. The van der Waals surface area contributed by atoms with Gasteiger partial charge in [-0.15, -0.1) is 6.42 Å². The van der Waals surface area contributed by atoms with E-state index < -0.39 is 41.3 Å². The highest BCUT2D eigenvalue weighted by molar-refractivity contribution is 7.07. The van der Waals surface area contributed by atoms with Gasteiger partial charge in [-0.3, -0.25) is 4.79 Å². The number of thiophene rings is 1. The van der Waals surface area contributed by atoms with Crippen molar-refractivity contribution in [2.75, 3.05) is 13.2 Å². The molecule has 2 N–H and O–H groups in total.